The minimum atomic E-state index is -0.551. The van der Waals surface area contributed by atoms with E-state index in [0.29, 0.717) is 0 Å². The molecule has 0 aromatic carbocycles. The first-order valence-electron chi connectivity index (χ1n) is 2.71. The molecule has 0 aliphatic carbocycles. The Morgan fingerprint density at radius 3 is 2.82 bits per heavy atom. The van der Waals surface area contributed by atoms with Crippen LogP contribution in [0.5, 0.6) is 11.6 Å². The number of methoxy groups -OCH3 is 1. The summed E-state index contributed by atoms with van der Waals surface area (Å²) in [5, 5.41) is 9.02. The summed E-state index contributed by atoms with van der Waals surface area (Å²) in [6.45, 7) is 0. The number of H-pyrrole nitrogens is 1. The van der Waals surface area contributed by atoms with Gasteiger partial charge in [-0.15, -0.1) is 12.6 Å². The van der Waals surface area contributed by atoms with E-state index in [9.17, 15) is 4.79 Å². The summed E-state index contributed by atoms with van der Waals surface area (Å²) in [7, 11) is 1.27. The van der Waals surface area contributed by atoms with Crippen LogP contribution in [-0.2, 0) is 0 Å². The van der Waals surface area contributed by atoms with Crippen LogP contribution < -0.4 is 10.3 Å². The lowest BCUT2D eigenvalue weighted by molar-refractivity contribution is 0.352. The van der Waals surface area contributed by atoms with Crippen LogP contribution in [0.15, 0.2) is 9.95 Å². The van der Waals surface area contributed by atoms with Crippen LogP contribution in [0.3, 0.4) is 0 Å². The van der Waals surface area contributed by atoms with Gasteiger partial charge in [-0.2, -0.15) is 4.98 Å². The molecule has 0 spiro atoms. The largest absolute Gasteiger partial charge is 0.490 e. The van der Waals surface area contributed by atoms with E-state index in [1.807, 2.05) is 0 Å². The van der Waals surface area contributed by atoms with Crippen molar-refractivity contribution in [3.8, 4) is 11.6 Å². The Balaban J connectivity index is 3.37. The van der Waals surface area contributed by atoms with Crippen molar-refractivity contribution in [1.29, 1.82) is 0 Å². The molecule has 0 aliphatic heterocycles. The maximum absolute atomic E-state index is 10.9. The third kappa shape index (κ3) is 1.45. The summed E-state index contributed by atoms with van der Waals surface area (Å²) in [4.78, 5) is 16.5. The zero-order valence-corrected chi connectivity index (χ0v) is 6.55. The van der Waals surface area contributed by atoms with Crippen LogP contribution in [0, 0.1) is 0 Å². The number of hydrogen-bond donors (Lipinski definition) is 3. The minimum Gasteiger partial charge on any atom is -0.490 e. The van der Waals surface area contributed by atoms with Gasteiger partial charge in [0.15, 0.2) is 5.16 Å². The fourth-order valence-corrected chi connectivity index (χ4v) is 0.819. The minimum absolute atomic E-state index is 0.0494. The number of aromatic nitrogens is 2. The van der Waals surface area contributed by atoms with Gasteiger partial charge in [-0.25, -0.2) is 0 Å². The molecule has 11 heavy (non-hydrogen) atoms. The quantitative estimate of drug-likeness (QED) is 0.406. The van der Waals surface area contributed by atoms with E-state index in [2.05, 4.69) is 27.3 Å². The summed E-state index contributed by atoms with van der Waals surface area (Å²) < 4.78 is 4.54. The fourth-order valence-electron chi connectivity index (χ4n) is 0.623. The highest BCUT2D eigenvalue weighted by molar-refractivity contribution is 7.80. The number of aromatic hydroxyl groups is 1. The number of nitrogens with one attached hydrogen (secondary N) is 1. The summed E-state index contributed by atoms with van der Waals surface area (Å²) in [6.07, 6.45) is 0. The van der Waals surface area contributed by atoms with E-state index in [1.54, 1.807) is 0 Å². The van der Waals surface area contributed by atoms with E-state index >= 15 is 0 Å². The SMILES string of the molecule is COc1c(O)nc(S)[nH]c1=O. The van der Waals surface area contributed by atoms with Crippen molar-refractivity contribution in [1.82, 2.24) is 9.97 Å². The average Bonchev–Trinajstić information content (AvgIpc) is 1.85. The van der Waals surface area contributed by atoms with Crippen molar-refractivity contribution in [2.24, 2.45) is 0 Å². The second-order valence-corrected chi connectivity index (χ2v) is 2.17. The smallest absolute Gasteiger partial charge is 0.298 e. The Bertz CT molecular complexity index is 322. The second kappa shape index (κ2) is 2.83. The fraction of sp³-hybridized carbons (Fsp3) is 0.200. The van der Waals surface area contributed by atoms with Crippen LogP contribution in [0.25, 0.3) is 0 Å². The van der Waals surface area contributed by atoms with Gasteiger partial charge in [-0.3, -0.25) is 9.78 Å². The molecule has 0 amide bonds. The number of nitrogens with zero attached hydrogens (tertiary/aromatic N) is 1. The first kappa shape index (κ1) is 7.93. The van der Waals surface area contributed by atoms with Crippen molar-refractivity contribution in [3.63, 3.8) is 0 Å². The molecule has 1 aromatic heterocycles. The molecule has 0 unspecified atom stereocenters. The predicted molar refractivity (Wildman–Crippen MR) is 40.3 cm³/mol. The van der Waals surface area contributed by atoms with Crippen LogP contribution in [-0.4, -0.2) is 22.2 Å². The van der Waals surface area contributed by atoms with Crippen molar-refractivity contribution in [2.45, 2.75) is 5.16 Å². The highest BCUT2D eigenvalue weighted by Gasteiger charge is 2.07. The molecule has 1 aromatic rings. The summed E-state index contributed by atoms with van der Waals surface area (Å²) in [5.74, 6) is -0.663. The van der Waals surface area contributed by atoms with Crippen LogP contribution >= 0.6 is 12.6 Å². The average molecular weight is 174 g/mol. The molecule has 0 aliphatic rings. The molecule has 0 fully saturated rings. The lowest BCUT2D eigenvalue weighted by Gasteiger charge is -1.99. The summed E-state index contributed by atoms with van der Waals surface area (Å²) >= 11 is 3.73. The highest BCUT2D eigenvalue weighted by Crippen LogP contribution is 2.16. The van der Waals surface area contributed by atoms with E-state index in [0.717, 1.165) is 0 Å². The number of aromatic amines is 1. The lowest BCUT2D eigenvalue weighted by Crippen LogP contribution is -2.10. The van der Waals surface area contributed by atoms with Gasteiger partial charge in [-0.1, -0.05) is 0 Å². The van der Waals surface area contributed by atoms with E-state index in [1.165, 1.54) is 7.11 Å². The topological polar surface area (TPSA) is 75.2 Å². The Morgan fingerprint density at radius 1 is 1.73 bits per heavy atom. The van der Waals surface area contributed by atoms with Crippen molar-refractivity contribution in [2.75, 3.05) is 7.11 Å². The van der Waals surface area contributed by atoms with Gasteiger partial charge in [0.2, 0.25) is 5.75 Å². The molecule has 6 heteroatoms. The Morgan fingerprint density at radius 2 is 2.36 bits per heavy atom. The molecule has 0 saturated heterocycles. The zero-order chi connectivity index (χ0) is 8.43. The van der Waals surface area contributed by atoms with Gasteiger partial charge in [0, 0.05) is 0 Å². The van der Waals surface area contributed by atoms with E-state index in [4.69, 9.17) is 5.11 Å². The van der Waals surface area contributed by atoms with E-state index < -0.39 is 11.4 Å². The standard InChI is InChI=1S/C5H6N2O3S/c1-10-2-3(8)6-5(11)7-4(2)9/h1H3,(H3,6,7,8,9,11). The van der Waals surface area contributed by atoms with Gasteiger partial charge >= 0.3 is 0 Å². The highest BCUT2D eigenvalue weighted by atomic mass is 32.1. The Labute approximate surface area is 67.5 Å². The van der Waals surface area contributed by atoms with Gasteiger partial charge in [0.05, 0.1) is 7.11 Å². The molecule has 2 N–H and O–H groups in total. The Kier molecular flexibility index (Phi) is 2.04. The molecule has 1 heterocycles. The number of hydrogen-bond acceptors (Lipinski definition) is 5. The van der Waals surface area contributed by atoms with Crippen molar-refractivity contribution >= 4 is 12.6 Å². The molecule has 5 nitrogen and oxygen atoms in total. The van der Waals surface area contributed by atoms with Crippen LogP contribution in [0.2, 0.25) is 0 Å². The van der Waals surface area contributed by atoms with Gasteiger partial charge in [-0.05, 0) is 0 Å². The molecule has 0 saturated carbocycles. The van der Waals surface area contributed by atoms with Crippen LogP contribution in [0.4, 0.5) is 0 Å². The van der Waals surface area contributed by atoms with Gasteiger partial charge in [0.1, 0.15) is 0 Å². The van der Waals surface area contributed by atoms with E-state index in [-0.39, 0.29) is 10.9 Å². The van der Waals surface area contributed by atoms with Gasteiger partial charge < -0.3 is 9.84 Å². The number of ether oxygens (including phenoxy) is 1. The molecule has 0 bridgehead atoms. The normalized spacial score (nSPS) is 9.64. The van der Waals surface area contributed by atoms with Gasteiger partial charge in [0.25, 0.3) is 11.4 Å². The monoisotopic (exact) mass is 174 g/mol. The van der Waals surface area contributed by atoms with Crippen molar-refractivity contribution in [3.05, 3.63) is 10.4 Å². The summed E-state index contributed by atoms with van der Waals surface area (Å²) in [6, 6.07) is 0. The third-order valence-electron chi connectivity index (χ3n) is 1.05. The maximum Gasteiger partial charge on any atom is 0.298 e. The molecular weight excluding hydrogens is 168 g/mol. The molecular formula is C5H6N2O3S. The predicted octanol–water partition coefficient (Wildman–Crippen LogP) is -0.227. The molecule has 60 valence electrons. The zero-order valence-electron chi connectivity index (χ0n) is 5.66. The second-order valence-electron chi connectivity index (χ2n) is 1.75. The number of rotatable bonds is 1. The third-order valence-corrected chi connectivity index (χ3v) is 1.26. The lowest BCUT2D eigenvalue weighted by atomic mass is 10.5. The molecule has 0 atom stereocenters. The Hall–Kier alpha value is -1.17. The molecule has 1 rings (SSSR count). The first-order chi connectivity index (χ1) is 5.15. The van der Waals surface area contributed by atoms with Crippen LogP contribution in [0.1, 0.15) is 0 Å². The number of thiol groups is 1. The van der Waals surface area contributed by atoms with Crippen molar-refractivity contribution < 1.29 is 9.84 Å². The summed E-state index contributed by atoms with van der Waals surface area (Å²) in [5.41, 5.74) is -0.551. The maximum atomic E-state index is 10.9. The first-order valence-corrected chi connectivity index (χ1v) is 3.16. The molecule has 0 radical (unpaired) electrons.